The predicted molar refractivity (Wildman–Crippen MR) is 158 cm³/mol. The molecule has 0 atom stereocenters. The van der Waals surface area contributed by atoms with Gasteiger partial charge in [0.25, 0.3) is 0 Å². The van der Waals surface area contributed by atoms with Gasteiger partial charge in [0, 0.05) is 49.4 Å². The molecule has 4 aromatic rings. The SMILES string of the molecule is CN(c1cccc(-c2csc(SCC(=O)NC3CCN(Cc4ccc(Cl)c(Cl)c4)CC3)n2)c1)c1cnc[nH]1. The molecule has 1 aliphatic heterocycles. The molecule has 0 aliphatic carbocycles. The van der Waals surface area contributed by atoms with E-state index in [-0.39, 0.29) is 11.9 Å². The molecule has 0 bridgehead atoms. The topological polar surface area (TPSA) is 77.2 Å². The van der Waals surface area contributed by atoms with Crippen LogP contribution in [0.1, 0.15) is 18.4 Å². The number of thioether (sulfide) groups is 1. The number of carbonyl (C=O) groups is 1. The van der Waals surface area contributed by atoms with Crippen LogP contribution in [-0.4, -0.2) is 57.7 Å². The number of nitrogens with one attached hydrogen (secondary N) is 2. The fourth-order valence-electron chi connectivity index (χ4n) is 4.43. The molecule has 0 radical (unpaired) electrons. The van der Waals surface area contributed by atoms with Gasteiger partial charge in [-0.2, -0.15) is 0 Å². The summed E-state index contributed by atoms with van der Waals surface area (Å²) in [5.74, 6) is 1.33. The van der Waals surface area contributed by atoms with Crippen LogP contribution in [0.15, 0.2) is 64.7 Å². The zero-order valence-electron chi connectivity index (χ0n) is 20.9. The molecule has 3 heterocycles. The molecule has 0 unspecified atom stereocenters. The molecule has 38 heavy (non-hydrogen) atoms. The lowest BCUT2D eigenvalue weighted by molar-refractivity contribution is -0.119. The second-order valence-electron chi connectivity index (χ2n) is 9.20. The van der Waals surface area contributed by atoms with E-state index < -0.39 is 0 Å². The van der Waals surface area contributed by atoms with Crippen LogP contribution < -0.4 is 10.2 Å². The maximum absolute atomic E-state index is 12.6. The summed E-state index contributed by atoms with van der Waals surface area (Å²) in [4.78, 5) is 29.0. The molecule has 1 amide bonds. The number of aromatic amines is 1. The Morgan fingerprint density at radius 2 is 2.05 bits per heavy atom. The van der Waals surface area contributed by atoms with Crippen LogP contribution in [-0.2, 0) is 11.3 Å². The summed E-state index contributed by atoms with van der Waals surface area (Å²) in [5, 5.41) is 6.40. The first kappa shape index (κ1) is 27.0. The van der Waals surface area contributed by atoms with Crippen LogP contribution in [0, 0.1) is 0 Å². The number of hydrogen-bond donors (Lipinski definition) is 2. The molecule has 2 aromatic carbocycles. The summed E-state index contributed by atoms with van der Waals surface area (Å²) in [6.07, 6.45) is 5.32. The van der Waals surface area contributed by atoms with Crippen molar-refractivity contribution >= 4 is 63.7 Å². The number of halogens is 2. The van der Waals surface area contributed by atoms with Crippen LogP contribution in [0.2, 0.25) is 10.0 Å². The van der Waals surface area contributed by atoms with E-state index in [0.717, 1.165) is 65.1 Å². The lowest BCUT2D eigenvalue weighted by Crippen LogP contribution is -2.44. The fraction of sp³-hybridized carbons (Fsp3) is 0.296. The number of piperidine rings is 1. The van der Waals surface area contributed by atoms with E-state index >= 15 is 0 Å². The summed E-state index contributed by atoms with van der Waals surface area (Å²) in [6.45, 7) is 2.70. The third-order valence-electron chi connectivity index (χ3n) is 6.53. The molecular weight excluding hydrogens is 559 g/mol. The van der Waals surface area contributed by atoms with Crippen molar-refractivity contribution in [3.8, 4) is 11.3 Å². The van der Waals surface area contributed by atoms with Crippen LogP contribution >= 0.6 is 46.3 Å². The lowest BCUT2D eigenvalue weighted by atomic mass is 10.0. The molecule has 0 saturated carbocycles. The Morgan fingerprint density at radius 1 is 1.21 bits per heavy atom. The van der Waals surface area contributed by atoms with Crippen molar-refractivity contribution in [1.29, 1.82) is 0 Å². The number of rotatable bonds is 9. The second kappa shape index (κ2) is 12.5. The number of thiazole rings is 1. The number of nitrogens with zero attached hydrogens (tertiary/aromatic N) is 4. The van der Waals surface area contributed by atoms with E-state index in [4.69, 9.17) is 28.2 Å². The van der Waals surface area contributed by atoms with Crippen LogP contribution in [0.25, 0.3) is 11.3 Å². The van der Waals surface area contributed by atoms with Crippen molar-refractivity contribution in [1.82, 2.24) is 25.2 Å². The maximum Gasteiger partial charge on any atom is 0.230 e. The standard InChI is InChI=1S/C27H28Cl2N6OS2/c1-34(25-13-30-17-31-25)21-4-2-3-19(12-21)24-15-37-27(33-24)38-16-26(36)32-20-7-9-35(10-8-20)14-18-5-6-22(28)23(29)11-18/h2-6,11-13,15,17,20H,7-10,14,16H2,1H3,(H,30,31)(H,32,36). The smallest absolute Gasteiger partial charge is 0.230 e. The van der Waals surface area contributed by atoms with Gasteiger partial charge in [0.15, 0.2) is 4.34 Å². The molecule has 2 N–H and O–H groups in total. The van der Waals surface area contributed by atoms with Gasteiger partial charge in [-0.05, 0) is 42.7 Å². The molecule has 5 rings (SSSR count). The Morgan fingerprint density at radius 3 is 2.82 bits per heavy atom. The average molecular weight is 588 g/mol. The first-order chi connectivity index (χ1) is 18.4. The third-order valence-corrected chi connectivity index (χ3v) is 9.29. The summed E-state index contributed by atoms with van der Waals surface area (Å²) >= 11 is 15.2. The highest BCUT2D eigenvalue weighted by molar-refractivity contribution is 8.01. The number of H-pyrrole nitrogens is 1. The first-order valence-electron chi connectivity index (χ1n) is 12.3. The summed E-state index contributed by atoms with van der Waals surface area (Å²) < 4.78 is 0.888. The molecule has 1 saturated heterocycles. The highest BCUT2D eigenvalue weighted by Crippen LogP contribution is 2.31. The summed E-state index contributed by atoms with van der Waals surface area (Å²) in [6, 6.07) is 14.2. The predicted octanol–water partition coefficient (Wildman–Crippen LogP) is 6.48. The summed E-state index contributed by atoms with van der Waals surface area (Å²) in [7, 11) is 1.99. The number of hydrogen-bond acceptors (Lipinski definition) is 7. The number of likely N-dealkylation sites (tertiary alicyclic amines) is 1. The zero-order chi connectivity index (χ0) is 26.5. The maximum atomic E-state index is 12.6. The Balaban J connectivity index is 1.08. The van der Waals surface area contributed by atoms with Crippen LogP contribution in [0.3, 0.4) is 0 Å². The normalized spacial score (nSPS) is 14.5. The van der Waals surface area contributed by atoms with Crippen LogP contribution in [0.4, 0.5) is 11.5 Å². The average Bonchev–Trinajstić information content (AvgIpc) is 3.63. The van der Waals surface area contributed by atoms with Gasteiger partial charge in [-0.3, -0.25) is 9.69 Å². The van der Waals surface area contributed by atoms with E-state index in [1.165, 1.54) is 11.8 Å². The highest BCUT2D eigenvalue weighted by Gasteiger charge is 2.21. The Kier molecular flexibility index (Phi) is 8.91. The van der Waals surface area contributed by atoms with Gasteiger partial charge in [0.2, 0.25) is 5.91 Å². The van der Waals surface area contributed by atoms with Gasteiger partial charge in [-0.1, -0.05) is 53.2 Å². The van der Waals surface area contributed by atoms with Gasteiger partial charge in [-0.25, -0.2) is 9.97 Å². The van der Waals surface area contributed by atoms with Gasteiger partial charge >= 0.3 is 0 Å². The zero-order valence-corrected chi connectivity index (χ0v) is 24.0. The van der Waals surface area contributed by atoms with Crippen molar-refractivity contribution in [2.45, 2.75) is 29.8 Å². The van der Waals surface area contributed by atoms with E-state index in [9.17, 15) is 4.79 Å². The molecular formula is C27H28Cl2N6OS2. The van der Waals surface area contributed by atoms with Crippen molar-refractivity contribution in [3.63, 3.8) is 0 Å². The molecule has 7 nitrogen and oxygen atoms in total. The van der Waals surface area contributed by atoms with Crippen molar-refractivity contribution in [3.05, 3.63) is 76.0 Å². The van der Waals surface area contributed by atoms with Crippen LogP contribution in [0.5, 0.6) is 0 Å². The number of benzene rings is 2. The van der Waals surface area contributed by atoms with E-state index in [0.29, 0.717) is 15.8 Å². The van der Waals surface area contributed by atoms with E-state index in [1.54, 1.807) is 23.9 Å². The van der Waals surface area contributed by atoms with Gasteiger partial charge in [0.05, 0.1) is 34.0 Å². The first-order valence-corrected chi connectivity index (χ1v) is 14.9. The van der Waals surface area contributed by atoms with Gasteiger partial charge in [-0.15, -0.1) is 11.3 Å². The Labute approximate surface area is 240 Å². The van der Waals surface area contributed by atoms with Crippen molar-refractivity contribution in [2.24, 2.45) is 0 Å². The number of carbonyl (C=O) groups excluding carboxylic acids is 1. The Hall–Kier alpha value is -2.56. The largest absolute Gasteiger partial charge is 0.353 e. The Bertz CT molecular complexity index is 1370. The van der Waals surface area contributed by atoms with Crippen molar-refractivity contribution < 1.29 is 4.79 Å². The number of imidazole rings is 1. The van der Waals surface area contributed by atoms with Crippen molar-refractivity contribution in [2.75, 3.05) is 30.8 Å². The molecule has 1 aliphatic rings. The molecule has 1 fully saturated rings. The highest BCUT2D eigenvalue weighted by atomic mass is 35.5. The fourth-order valence-corrected chi connectivity index (χ4v) is 6.40. The number of amides is 1. The number of aromatic nitrogens is 3. The number of anilines is 2. The molecule has 2 aromatic heterocycles. The molecule has 0 spiro atoms. The van der Waals surface area contributed by atoms with Gasteiger partial charge < -0.3 is 15.2 Å². The summed E-state index contributed by atoms with van der Waals surface area (Å²) in [5.41, 5.74) is 4.13. The monoisotopic (exact) mass is 586 g/mol. The molecule has 11 heteroatoms. The quantitative estimate of drug-likeness (QED) is 0.218. The van der Waals surface area contributed by atoms with E-state index in [2.05, 4.69) is 38.4 Å². The molecule has 198 valence electrons. The minimum atomic E-state index is 0.0536. The van der Waals surface area contributed by atoms with Gasteiger partial charge in [0.1, 0.15) is 5.82 Å². The third kappa shape index (κ3) is 6.90. The minimum Gasteiger partial charge on any atom is -0.353 e. The lowest BCUT2D eigenvalue weighted by Gasteiger charge is -2.32. The van der Waals surface area contributed by atoms with E-state index in [1.807, 2.05) is 41.6 Å². The second-order valence-corrected chi connectivity index (χ2v) is 12.1. The minimum absolute atomic E-state index is 0.0536.